The highest BCUT2D eigenvalue weighted by molar-refractivity contribution is 5.19. The molecule has 98 valence electrons. The standard InChI is InChI=1S/C17H25N/c1-6-14(3)15(4)13-18(7-2)16(5)17-11-9-8-10-12-17/h6,8-12,14,16H,1,4,7,13H2,2-3,5H3/t14-,16-/m1/s1. The highest BCUT2D eigenvalue weighted by atomic mass is 15.1. The van der Waals surface area contributed by atoms with Crippen LogP contribution in [0.15, 0.2) is 55.1 Å². The maximum absolute atomic E-state index is 4.18. The molecule has 0 aliphatic rings. The lowest BCUT2D eigenvalue weighted by atomic mass is 10.0. The fourth-order valence-electron chi connectivity index (χ4n) is 2.04. The van der Waals surface area contributed by atoms with E-state index in [1.54, 1.807) is 0 Å². The first-order valence-corrected chi connectivity index (χ1v) is 6.69. The second-order valence-corrected chi connectivity index (χ2v) is 4.83. The Balaban J connectivity index is 2.72. The van der Waals surface area contributed by atoms with E-state index in [4.69, 9.17) is 0 Å². The zero-order valence-electron chi connectivity index (χ0n) is 11.9. The van der Waals surface area contributed by atoms with Crippen LogP contribution in [-0.2, 0) is 0 Å². The lowest BCUT2D eigenvalue weighted by Crippen LogP contribution is -2.29. The van der Waals surface area contributed by atoms with Crippen LogP contribution >= 0.6 is 0 Å². The quantitative estimate of drug-likeness (QED) is 0.640. The molecule has 0 heterocycles. The van der Waals surface area contributed by atoms with Gasteiger partial charge in [0.25, 0.3) is 0 Å². The van der Waals surface area contributed by atoms with Crippen molar-refractivity contribution in [2.75, 3.05) is 13.1 Å². The van der Waals surface area contributed by atoms with Gasteiger partial charge in [0.15, 0.2) is 0 Å². The Bertz CT molecular complexity index is 380. The molecule has 1 heteroatoms. The number of rotatable bonds is 7. The first kappa shape index (κ1) is 14.7. The van der Waals surface area contributed by atoms with E-state index in [0.717, 1.165) is 13.1 Å². The van der Waals surface area contributed by atoms with Gasteiger partial charge < -0.3 is 0 Å². The van der Waals surface area contributed by atoms with E-state index >= 15 is 0 Å². The zero-order valence-corrected chi connectivity index (χ0v) is 11.9. The lowest BCUT2D eigenvalue weighted by Gasteiger charge is -2.30. The number of hydrogen-bond donors (Lipinski definition) is 0. The molecule has 0 unspecified atom stereocenters. The molecule has 0 fully saturated rings. The number of allylic oxidation sites excluding steroid dienone is 1. The molecule has 0 amide bonds. The summed E-state index contributed by atoms with van der Waals surface area (Å²) in [6.07, 6.45) is 1.96. The van der Waals surface area contributed by atoms with E-state index in [2.05, 4.69) is 69.2 Å². The van der Waals surface area contributed by atoms with Crippen molar-refractivity contribution in [1.29, 1.82) is 0 Å². The van der Waals surface area contributed by atoms with Crippen LogP contribution in [-0.4, -0.2) is 18.0 Å². The van der Waals surface area contributed by atoms with Crippen LogP contribution in [0.2, 0.25) is 0 Å². The Morgan fingerprint density at radius 3 is 2.39 bits per heavy atom. The van der Waals surface area contributed by atoms with Gasteiger partial charge in [0.05, 0.1) is 0 Å². The molecule has 0 aliphatic heterocycles. The number of benzene rings is 1. The molecule has 1 aromatic carbocycles. The molecule has 1 aromatic rings. The molecule has 0 N–H and O–H groups in total. The van der Waals surface area contributed by atoms with Gasteiger partial charge in [0, 0.05) is 12.6 Å². The fraction of sp³-hybridized carbons (Fsp3) is 0.412. The second-order valence-electron chi connectivity index (χ2n) is 4.83. The minimum absolute atomic E-state index is 0.377. The van der Waals surface area contributed by atoms with E-state index in [1.807, 2.05) is 6.08 Å². The summed E-state index contributed by atoms with van der Waals surface area (Å²) < 4.78 is 0. The largest absolute Gasteiger partial charge is 0.293 e. The van der Waals surface area contributed by atoms with Crippen molar-refractivity contribution in [1.82, 2.24) is 4.90 Å². The minimum atomic E-state index is 0.377. The van der Waals surface area contributed by atoms with Gasteiger partial charge in [-0.25, -0.2) is 0 Å². The van der Waals surface area contributed by atoms with Gasteiger partial charge in [0.2, 0.25) is 0 Å². The molecule has 2 atom stereocenters. The van der Waals surface area contributed by atoms with E-state index in [-0.39, 0.29) is 0 Å². The van der Waals surface area contributed by atoms with Gasteiger partial charge in [-0.1, -0.05) is 62.4 Å². The monoisotopic (exact) mass is 243 g/mol. The molecule has 0 aromatic heterocycles. The lowest BCUT2D eigenvalue weighted by molar-refractivity contribution is 0.237. The topological polar surface area (TPSA) is 3.24 Å². The van der Waals surface area contributed by atoms with Crippen molar-refractivity contribution >= 4 is 0 Å². The van der Waals surface area contributed by atoms with Crippen LogP contribution in [0.5, 0.6) is 0 Å². The van der Waals surface area contributed by atoms with E-state index < -0.39 is 0 Å². The third-order valence-electron chi connectivity index (χ3n) is 3.64. The van der Waals surface area contributed by atoms with Gasteiger partial charge in [0.1, 0.15) is 0 Å². The Kier molecular flexibility index (Phi) is 5.87. The van der Waals surface area contributed by atoms with Crippen LogP contribution in [0, 0.1) is 5.92 Å². The van der Waals surface area contributed by atoms with Gasteiger partial charge in [-0.15, -0.1) is 6.58 Å². The Morgan fingerprint density at radius 1 is 1.28 bits per heavy atom. The molecular weight excluding hydrogens is 218 g/mol. The molecule has 1 nitrogen and oxygen atoms in total. The smallest absolute Gasteiger partial charge is 0.0323 e. The first-order chi connectivity index (χ1) is 8.60. The van der Waals surface area contributed by atoms with Gasteiger partial charge in [-0.2, -0.15) is 0 Å². The molecular formula is C17H25N. The third-order valence-corrected chi connectivity index (χ3v) is 3.64. The van der Waals surface area contributed by atoms with Gasteiger partial charge in [-0.3, -0.25) is 4.90 Å². The van der Waals surface area contributed by atoms with Gasteiger partial charge in [-0.05, 0) is 24.9 Å². The molecule has 1 rings (SSSR count). The second kappa shape index (κ2) is 7.17. The Labute approximate surface area is 112 Å². The highest BCUT2D eigenvalue weighted by Crippen LogP contribution is 2.22. The molecule has 0 saturated heterocycles. The van der Waals surface area contributed by atoms with E-state index in [9.17, 15) is 0 Å². The van der Waals surface area contributed by atoms with Crippen LogP contribution in [0.25, 0.3) is 0 Å². The van der Waals surface area contributed by atoms with Gasteiger partial charge >= 0.3 is 0 Å². The molecule has 0 spiro atoms. The number of likely N-dealkylation sites (N-methyl/N-ethyl adjacent to an activating group) is 1. The van der Waals surface area contributed by atoms with Crippen molar-refractivity contribution in [3.05, 3.63) is 60.7 Å². The van der Waals surface area contributed by atoms with Crippen LogP contribution < -0.4 is 0 Å². The predicted octanol–water partition coefficient (Wildman–Crippen LogP) is 4.45. The number of hydrogen-bond acceptors (Lipinski definition) is 1. The van der Waals surface area contributed by atoms with E-state index in [0.29, 0.717) is 12.0 Å². The summed E-state index contributed by atoms with van der Waals surface area (Å²) in [5.74, 6) is 0.377. The molecule has 0 aliphatic carbocycles. The van der Waals surface area contributed by atoms with Crippen LogP contribution in [0.4, 0.5) is 0 Å². The van der Waals surface area contributed by atoms with Crippen molar-refractivity contribution < 1.29 is 0 Å². The maximum Gasteiger partial charge on any atom is 0.0323 e. The zero-order chi connectivity index (χ0) is 13.5. The van der Waals surface area contributed by atoms with Crippen molar-refractivity contribution in [2.45, 2.75) is 26.8 Å². The van der Waals surface area contributed by atoms with Crippen LogP contribution in [0.1, 0.15) is 32.4 Å². The first-order valence-electron chi connectivity index (χ1n) is 6.69. The maximum atomic E-state index is 4.18. The summed E-state index contributed by atoms with van der Waals surface area (Å²) in [5, 5.41) is 0. The summed E-state index contributed by atoms with van der Waals surface area (Å²) in [7, 11) is 0. The molecule has 0 bridgehead atoms. The highest BCUT2D eigenvalue weighted by Gasteiger charge is 2.15. The summed E-state index contributed by atoms with van der Waals surface area (Å²) in [6, 6.07) is 11.1. The third kappa shape index (κ3) is 3.85. The SMILES string of the molecule is C=C[C@@H](C)C(=C)CN(CC)[C@H](C)c1ccccc1. The summed E-state index contributed by atoms with van der Waals surface area (Å²) in [4.78, 5) is 2.44. The predicted molar refractivity (Wildman–Crippen MR) is 80.6 cm³/mol. The number of nitrogens with zero attached hydrogens (tertiary/aromatic N) is 1. The molecule has 0 radical (unpaired) electrons. The summed E-state index contributed by atoms with van der Waals surface area (Å²) in [5.41, 5.74) is 2.59. The Hall–Kier alpha value is -1.34. The fourth-order valence-corrected chi connectivity index (χ4v) is 2.04. The van der Waals surface area contributed by atoms with Crippen molar-refractivity contribution in [2.24, 2.45) is 5.92 Å². The average molecular weight is 243 g/mol. The summed E-state index contributed by atoms with van der Waals surface area (Å²) >= 11 is 0. The van der Waals surface area contributed by atoms with Crippen molar-refractivity contribution in [3.8, 4) is 0 Å². The van der Waals surface area contributed by atoms with Crippen LogP contribution in [0.3, 0.4) is 0 Å². The molecule has 0 saturated carbocycles. The average Bonchev–Trinajstić information content (AvgIpc) is 2.43. The Morgan fingerprint density at radius 2 is 1.89 bits per heavy atom. The van der Waals surface area contributed by atoms with E-state index in [1.165, 1.54) is 11.1 Å². The normalized spacial score (nSPS) is 14.2. The van der Waals surface area contributed by atoms with Crippen molar-refractivity contribution in [3.63, 3.8) is 0 Å². The molecule has 18 heavy (non-hydrogen) atoms. The minimum Gasteiger partial charge on any atom is -0.293 e. The summed E-state index contributed by atoms with van der Waals surface area (Å²) in [6.45, 7) is 16.6.